The van der Waals surface area contributed by atoms with Gasteiger partial charge in [0.1, 0.15) is 6.04 Å². The lowest BCUT2D eigenvalue weighted by Gasteiger charge is -2.29. The van der Waals surface area contributed by atoms with Crippen LogP contribution in [0.1, 0.15) is 60.9 Å². The second-order valence-electron chi connectivity index (χ2n) is 8.21. The summed E-state index contributed by atoms with van der Waals surface area (Å²) in [6.07, 6.45) is 4.89. The molecule has 1 unspecified atom stereocenters. The number of fused-ring (bicyclic) bond motifs is 1. The SMILES string of the molecule is C=C(O)CCCCCCNC(=O)CNc1ccc2c(c1)CN(C1CCC(=O)NC1=O)C2=O. The fraction of sp³-hybridized carbons (Fsp3) is 0.478. The van der Waals surface area contributed by atoms with Crippen molar-refractivity contribution in [2.24, 2.45) is 0 Å². The Morgan fingerprint density at radius 1 is 1.19 bits per heavy atom. The van der Waals surface area contributed by atoms with Gasteiger partial charge in [-0.2, -0.15) is 0 Å². The van der Waals surface area contributed by atoms with Gasteiger partial charge < -0.3 is 20.6 Å². The summed E-state index contributed by atoms with van der Waals surface area (Å²) in [5, 5.41) is 17.3. The number of aliphatic hydroxyl groups excluding tert-OH is 1. The van der Waals surface area contributed by atoms with Gasteiger partial charge in [-0.3, -0.25) is 24.5 Å². The molecule has 2 aliphatic rings. The Hall–Kier alpha value is -3.36. The second-order valence-corrected chi connectivity index (χ2v) is 8.21. The molecule has 1 atom stereocenters. The summed E-state index contributed by atoms with van der Waals surface area (Å²) in [6.45, 7) is 4.47. The van der Waals surface area contributed by atoms with E-state index in [0.29, 0.717) is 31.5 Å². The Kier molecular flexibility index (Phi) is 7.86. The summed E-state index contributed by atoms with van der Waals surface area (Å²) in [5.74, 6) is -0.869. The van der Waals surface area contributed by atoms with Crippen LogP contribution in [0.5, 0.6) is 0 Å². The first-order valence-electron chi connectivity index (χ1n) is 11.0. The predicted molar refractivity (Wildman–Crippen MR) is 119 cm³/mol. The minimum atomic E-state index is -0.641. The molecule has 0 spiro atoms. The zero-order valence-electron chi connectivity index (χ0n) is 18.1. The molecule has 0 bridgehead atoms. The number of aliphatic hydroxyl groups is 1. The van der Waals surface area contributed by atoms with Gasteiger partial charge in [0.2, 0.25) is 17.7 Å². The summed E-state index contributed by atoms with van der Waals surface area (Å²) < 4.78 is 0. The van der Waals surface area contributed by atoms with Crippen molar-refractivity contribution < 1.29 is 24.3 Å². The minimum absolute atomic E-state index is 0.115. The third kappa shape index (κ3) is 6.09. The lowest BCUT2D eigenvalue weighted by molar-refractivity contribution is -0.137. The third-order valence-electron chi connectivity index (χ3n) is 5.69. The van der Waals surface area contributed by atoms with Gasteiger partial charge >= 0.3 is 0 Å². The lowest BCUT2D eigenvalue weighted by atomic mass is 10.0. The van der Waals surface area contributed by atoms with E-state index < -0.39 is 11.9 Å². The van der Waals surface area contributed by atoms with Gasteiger partial charge in [-0.15, -0.1) is 0 Å². The zero-order valence-corrected chi connectivity index (χ0v) is 18.1. The molecule has 32 heavy (non-hydrogen) atoms. The molecule has 4 N–H and O–H groups in total. The van der Waals surface area contributed by atoms with Crippen molar-refractivity contribution in [3.8, 4) is 0 Å². The minimum Gasteiger partial charge on any atom is -0.513 e. The molecule has 1 aromatic rings. The molecule has 0 aliphatic carbocycles. The maximum absolute atomic E-state index is 12.7. The highest BCUT2D eigenvalue weighted by atomic mass is 16.3. The number of rotatable bonds is 11. The molecule has 3 rings (SSSR count). The number of unbranched alkanes of at least 4 members (excludes halogenated alkanes) is 3. The summed E-state index contributed by atoms with van der Waals surface area (Å²) in [4.78, 5) is 49.7. The molecule has 9 heteroatoms. The van der Waals surface area contributed by atoms with Crippen LogP contribution in [0.2, 0.25) is 0 Å². The zero-order chi connectivity index (χ0) is 23.1. The summed E-state index contributed by atoms with van der Waals surface area (Å²) in [6, 6.07) is 4.62. The van der Waals surface area contributed by atoms with Crippen LogP contribution >= 0.6 is 0 Å². The molecule has 172 valence electrons. The number of nitrogens with one attached hydrogen (secondary N) is 3. The third-order valence-corrected chi connectivity index (χ3v) is 5.69. The number of allylic oxidation sites excluding steroid dienone is 1. The van der Waals surface area contributed by atoms with Gasteiger partial charge in [-0.25, -0.2) is 0 Å². The van der Waals surface area contributed by atoms with Crippen molar-refractivity contribution in [2.75, 3.05) is 18.4 Å². The van der Waals surface area contributed by atoms with E-state index in [1.165, 1.54) is 4.90 Å². The summed E-state index contributed by atoms with van der Waals surface area (Å²) in [7, 11) is 0. The van der Waals surface area contributed by atoms with Crippen LogP contribution < -0.4 is 16.0 Å². The summed E-state index contributed by atoms with van der Waals surface area (Å²) in [5.41, 5.74) is 2.05. The quantitative estimate of drug-likeness (QED) is 0.236. The summed E-state index contributed by atoms with van der Waals surface area (Å²) >= 11 is 0. The van der Waals surface area contributed by atoms with Gasteiger partial charge in [0.25, 0.3) is 5.91 Å². The molecule has 2 aliphatic heterocycles. The molecule has 1 fully saturated rings. The normalized spacial score (nSPS) is 17.7. The van der Waals surface area contributed by atoms with Crippen LogP contribution in [0.25, 0.3) is 0 Å². The Labute approximate surface area is 187 Å². The maximum Gasteiger partial charge on any atom is 0.255 e. The van der Waals surface area contributed by atoms with E-state index in [-0.39, 0.29) is 36.4 Å². The Balaban J connectivity index is 1.42. The predicted octanol–water partition coefficient (Wildman–Crippen LogP) is 2.00. The van der Waals surface area contributed by atoms with Crippen molar-refractivity contribution in [3.05, 3.63) is 41.7 Å². The smallest absolute Gasteiger partial charge is 0.255 e. The van der Waals surface area contributed by atoms with Gasteiger partial charge in [-0.05, 0) is 43.0 Å². The van der Waals surface area contributed by atoms with Crippen molar-refractivity contribution in [3.63, 3.8) is 0 Å². The fourth-order valence-corrected chi connectivity index (χ4v) is 3.96. The van der Waals surface area contributed by atoms with Crippen molar-refractivity contribution in [2.45, 2.75) is 57.5 Å². The van der Waals surface area contributed by atoms with E-state index in [4.69, 9.17) is 5.11 Å². The second kappa shape index (κ2) is 10.8. The molecular weight excluding hydrogens is 412 g/mol. The van der Waals surface area contributed by atoms with Gasteiger partial charge in [-0.1, -0.05) is 19.4 Å². The first-order chi connectivity index (χ1) is 15.3. The number of anilines is 1. The van der Waals surface area contributed by atoms with Crippen molar-refractivity contribution >= 4 is 29.3 Å². The molecule has 2 heterocycles. The largest absolute Gasteiger partial charge is 0.513 e. The highest BCUT2D eigenvalue weighted by Gasteiger charge is 2.39. The van der Waals surface area contributed by atoms with E-state index in [9.17, 15) is 19.2 Å². The average molecular weight is 443 g/mol. The topological polar surface area (TPSA) is 128 Å². The average Bonchev–Trinajstić information content (AvgIpc) is 3.07. The molecule has 0 radical (unpaired) electrons. The van der Waals surface area contributed by atoms with Crippen LogP contribution in [0.3, 0.4) is 0 Å². The van der Waals surface area contributed by atoms with E-state index in [2.05, 4.69) is 22.5 Å². The van der Waals surface area contributed by atoms with Gasteiger partial charge in [0.05, 0.1) is 12.3 Å². The van der Waals surface area contributed by atoms with E-state index >= 15 is 0 Å². The number of amides is 4. The molecule has 0 aromatic heterocycles. The highest BCUT2D eigenvalue weighted by molar-refractivity contribution is 6.05. The molecule has 1 saturated heterocycles. The Bertz CT molecular complexity index is 914. The molecule has 4 amide bonds. The van der Waals surface area contributed by atoms with Crippen LogP contribution in [-0.4, -0.2) is 52.8 Å². The van der Waals surface area contributed by atoms with E-state index in [1.807, 2.05) is 6.07 Å². The van der Waals surface area contributed by atoms with Crippen molar-refractivity contribution in [1.82, 2.24) is 15.5 Å². The number of benzene rings is 1. The molecule has 0 saturated carbocycles. The maximum atomic E-state index is 12.7. The Morgan fingerprint density at radius 2 is 1.97 bits per heavy atom. The Morgan fingerprint density at radius 3 is 2.72 bits per heavy atom. The number of hydrogen-bond donors (Lipinski definition) is 4. The number of piperidine rings is 1. The van der Waals surface area contributed by atoms with Gasteiger partial charge in [0.15, 0.2) is 0 Å². The van der Waals surface area contributed by atoms with E-state index in [1.54, 1.807) is 12.1 Å². The monoisotopic (exact) mass is 442 g/mol. The number of nitrogens with zero attached hydrogens (tertiary/aromatic N) is 1. The van der Waals surface area contributed by atoms with Crippen LogP contribution in [0.4, 0.5) is 5.69 Å². The number of imide groups is 1. The number of carbonyl (C=O) groups is 4. The number of carbonyl (C=O) groups excluding carboxylic acids is 4. The van der Waals surface area contributed by atoms with E-state index in [0.717, 1.165) is 36.9 Å². The van der Waals surface area contributed by atoms with Crippen LogP contribution in [-0.2, 0) is 20.9 Å². The van der Waals surface area contributed by atoms with Gasteiger partial charge in [0, 0.05) is 37.2 Å². The van der Waals surface area contributed by atoms with Crippen LogP contribution in [0.15, 0.2) is 30.5 Å². The standard InChI is InChI=1S/C23H30N4O5/c1-15(28)6-4-2-3-5-11-24-21(30)13-25-17-7-8-18-16(12-17)14-27(23(18)32)19-9-10-20(29)26-22(19)31/h7-8,12,19,25,28H,1-6,9-11,13-14H2,(H,24,30)(H,26,29,31). The van der Waals surface area contributed by atoms with Crippen molar-refractivity contribution in [1.29, 1.82) is 0 Å². The molecule has 1 aromatic carbocycles. The first kappa shape index (κ1) is 23.3. The fourth-order valence-electron chi connectivity index (χ4n) is 3.96. The molecular formula is C23H30N4O5. The first-order valence-corrected chi connectivity index (χ1v) is 11.0. The lowest BCUT2D eigenvalue weighted by Crippen LogP contribution is -2.52. The van der Waals surface area contributed by atoms with Crippen LogP contribution in [0, 0.1) is 0 Å². The highest BCUT2D eigenvalue weighted by Crippen LogP contribution is 2.29. The molecule has 9 nitrogen and oxygen atoms in total. The number of hydrogen-bond acceptors (Lipinski definition) is 6.